The van der Waals surface area contributed by atoms with Gasteiger partial charge >= 0.3 is 0 Å². The van der Waals surface area contributed by atoms with Crippen LogP contribution in [-0.4, -0.2) is 24.7 Å². The summed E-state index contributed by atoms with van der Waals surface area (Å²) < 4.78 is 12.0. The van der Waals surface area contributed by atoms with Crippen LogP contribution in [0.25, 0.3) is 0 Å². The van der Waals surface area contributed by atoms with Gasteiger partial charge in [-0.25, -0.2) is 5.84 Å². The van der Waals surface area contributed by atoms with Gasteiger partial charge in [0.1, 0.15) is 18.5 Å². The molecule has 2 unspecified atom stereocenters. The fraction of sp³-hybridized carbons (Fsp3) is 0.417. The van der Waals surface area contributed by atoms with Crippen molar-refractivity contribution in [2.24, 2.45) is 5.84 Å². The van der Waals surface area contributed by atoms with E-state index in [0.29, 0.717) is 23.8 Å². The van der Waals surface area contributed by atoms with E-state index < -0.39 is 6.10 Å². The molecule has 2 rings (SSSR count). The summed E-state index contributed by atoms with van der Waals surface area (Å²) in [6, 6.07) is 5.38. The van der Waals surface area contributed by atoms with E-state index >= 15 is 0 Å². The largest absolute Gasteiger partial charge is 0.489 e. The molecule has 0 saturated carbocycles. The van der Waals surface area contributed by atoms with Gasteiger partial charge in [0.05, 0.1) is 11.1 Å². The summed E-state index contributed by atoms with van der Waals surface area (Å²) in [7, 11) is 0. The molecule has 0 radical (unpaired) electrons. The van der Waals surface area contributed by atoms with Crippen molar-refractivity contribution in [3.8, 4) is 5.75 Å². The lowest BCUT2D eigenvalue weighted by atomic mass is 10.2. The first-order chi connectivity index (χ1) is 9.10. The van der Waals surface area contributed by atoms with Crippen molar-refractivity contribution in [3.05, 3.63) is 27.7 Å². The van der Waals surface area contributed by atoms with E-state index in [4.69, 9.17) is 26.9 Å². The molecule has 1 aliphatic rings. The summed E-state index contributed by atoms with van der Waals surface area (Å²) in [5.41, 5.74) is 2.09. The van der Waals surface area contributed by atoms with Gasteiger partial charge in [-0.3, -0.25) is 10.2 Å². The highest BCUT2D eigenvalue weighted by atomic mass is 79.9. The number of nitrogens with two attached hydrogens (primary N) is 1. The zero-order valence-corrected chi connectivity index (χ0v) is 12.4. The molecule has 7 heteroatoms. The number of nitrogens with one attached hydrogen (secondary N) is 1. The summed E-state index contributed by atoms with van der Waals surface area (Å²) in [5.74, 6) is 5.35. The number of amides is 1. The Labute approximate surface area is 124 Å². The first-order valence-electron chi connectivity index (χ1n) is 5.84. The fourth-order valence-corrected chi connectivity index (χ4v) is 2.40. The molecule has 0 spiro atoms. The Balaban J connectivity index is 1.87. The van der Waals surface area contributed by atoms with Crippen LogP contribution in [0.15, 0.2) is 22.7 Å². The van der Waals surface area contributed by atoms with Crippen LogP contribution < -0.4 is 16.0 Å². The maximum Gasteiger partial charge on any atom is 0.263 e. The van der Waals surface area contributed by atoms with E-state index in [2.05, 4.69) is 21.4 Å². The van der Waals surface area contributed by atoms with E-state index in [9.17, 15) is 4.79 Å². The maximum absolute atomic E-state index is 11.3. The molecular weight excluding hydrogens is 336 g/mol. The average Bonchev–Trinajstić information content (AvgIpc) is 2.88. The van der Waals surface area contributed by atoms with Crippen LogP contribution in [0.2, 0.25) is 5.02 Å². The molecule has 0 aliphatic carbocycles. The number of halogens is 2. The molecular formula is C12H14BrClN2O3. The van der Waals surface area contributed by atoms with Gasteiger partial charge in [0.15, 0.2) is 0 Å². The molecule has 1 saturated heterocycles. The molecule has 0 bridgehead atoms. The smallest absolute Gasteiger partial charge is 0.263 e. The second kappa shape index (κ2) is 6.56. The monoisotopic (exact) mass is 348 g/mol. The Morgan fingerprint density at radius 2 is 2.37 bits per heavy atom. The second-order valence-electron chi connectivity index (χ2n) is 4.22. The summed E-state index contributed by atoms with van der Waals surface area (Å²) in [4.78, 5) is 11.3. The van der Waals surface area contributed by atoms with Crippen molar-refractivity contribution in [3.63, 3.8) is 0 Å². The summed E-state index contributed by atoms with van der Waals surface area (Å²) in [5, 5.41) is 0.539. The van der Waals surface area contributed by atoms with Crippen LogP contribution in [0, 0.1) is 0 Å². The Bertz CT molecular complexity index is 472. The Kier molecular flexibility index (Phi) is 5.04. The first kappa shape index (κ1) is 14.6. The molecule has 1 aromatic carbocycles. The number of benzene rings is 1. The molecule has 0 aromatic heterocycles. The molecule has 2 atom stereocenters. The Morgan fingerprint density at radius 1 is 1.58 bits per heavy atom. The van der Waals surface area contributed by atoms with Crippen LogP contribution in [0.4, 0.5) is 0 Å². The summed E-state index contributed by atoms with van der Waals surface area (Å²) in [6.07, 6.45) is 0.779. The number of carbonyl (C=O) groups excluding carboxylic acids is 1. The molecule has 5 nitrogen and oxygen atoms in total. The predicted molar refractivity (Wildman–Crippen MR) is 74.9 cm³/mol. The van der Waals surface area contributed by atoms with Crippen molar-refractivity contribution in [2.45, 2.75) is 25.0 Å². The number of rotatable bonds is 4. The van der Waals surface area contributed by atoms with Gasteiger partial charge in [0, 0.05) is 4.47 Å². The molecule has 19 heavy (non-hydrogen) atoms. The lowest BCUT2D eigenvalue weighted by Gasteiger charge is -2.14. The van der Waals surface area contributed by atoms with Crippen molar-refractivity contribution in [1.29, 1.82) is 0 Å². The molecule has 1 fully saturated rings. The van der Waals surface area contributed by atoms with E-state index in [1.165, 1.54) is 0 Å². The fourth-order valence-electron chi connectivity index (χ4n) is 1.88. The summed E-state index contributed by atoms with van der Waals surface area (Å²) >= 11 is 9.37. The molecule has 3 N–H and O–H groups in total. The molecule has 1 amide bonds. The number of hydrogen-bond donors (Lipinski definition) is 2. The highest BCUT2D eigenvalue weighted by molar-refractivity contribution is 9.10. The van der Waals surface area contributed by atoms with Crippen molar-refractivity contribution < 1.29 is 14.3 Å². The number of carbonyl (C=O) groups is 1. The highest BCUT2D eigenvalue weighted by Crippen LogP contribution is 2.29. The molecule has 104 valence electrons. The quantitative estimate of drug-likeness (QED) is 0.495. The molecule has 1 heterocycles. The minimum absolute atomic E-state index is 0.127. The number of ether oxygens (including phenoxy) is 2. The number of hydrazine groups is 1. The SMILES string of the molecule is NNC(=O)C1CCC(COc2cc(Br)ccc2Cl)O1. The van der Waals surface area contributed by atoms with Crippen LogP contribution >= 0.6 is 27.5 Å². The zero-order chi connectivity index (χ0) is 13.8. The van der Waals surface area contributed by atoms with Gasteiger partial charge in [0.25, 0.3) is 5.91 Å². The second-order valence-corrected chi connectivity index (χ2v) is 5.54. The van der Waals surface area contributed by atoms with E-state index in [1.54, 1.807) is 12.1 Å². The topological polar surface area (TPSA) is 73.6 Å². The van der Waals surface area contributed by atoms with Gasteiger partial charge in [0.2, 0.25) is 0 Å². The van der Waals surface area contributed by atoms with Crippen molar-refractivity contribution >= 4 is 33.4 Å². The van der Waals surface area contributed by atoms with Crippen LogP contribution in [0.1, 0.15) is 12.8 Å². The Morgan fingerprint density at radius 3 is 3.11 bits per heavy atom. The van der Waals surface area contributed by atoms with Crippen LogP contribution in [0.3, 0.4) is 0 Å². The molecule has 1 aromatic rings. The summed E-state index contributed by atoms with van der Waals surface area (Å²) in [6.45, 7) is 0.352. The van der Waals surface area contributed by atoms with Crippen LogP contribution in [-0.2, 0) is 9.53 Å². The number of hydrogen-bond acceptors (Lipinski definition) is 4. The lowest BCUT2D eigenvalue weighted by Crippen LogP contribution is -2.39. The maximum atomic E-state index is 11.3. The standard InChI is InChI=1S/C12H14BrClN2O3/c13-7-1-3-9(14)11(5-7)18-6-8-2-4-10(19-8)12(17)16-15/h1,3,5,8,10H,2,4,6,15H2,(H,16,17). The van der Waals surface area contributed by atoms with Crippen molar-refractivity contribution in [1.82, 2.24) is 5.43 Å². The van der Waals surface area contributed by atoms with E-state index in [-0.39, 0.29) is 12.0 Å². The predicted octanol–water partition coefficient (Wildman–Crippen LogP) is 2.02. The van der Waals surface area contributed by atoms with Crippen molar-refractivity contribution in [2.75, 3.05) is 6.61 Å². The van der Waals surface area contributed by atoms with Gasteiger partial charge in [-0.05, 0) is 31.0 Å². The van der Waals surface area contributed by atoms with Gasteiger partial charge in [-0.1, -0.05) is 27.5 Å². The minimum Gasteiger partial charge on any atom is -0.489 e. The zero-order valence-electron chi connectivity index (χ0n) is 10.1. The first-order valence-corrected chi connectivity index (χ1v) is 7.01. The highest BCUT2D eigenvalue weighted by Gasteiger charge is 2.30. The Hall–Kier alpha value is -0.820. The van der Waals surface area contributed by atoms with Crippen LogP contribution in [0.5, 0.6) is 5.75 Å². The molecule has 1 aliphatic heterocycles. The average molecular weight is 350 g/mol. The third-order valence-corrected chi connectivity index (χ3v) is 3.67. The third kappa shape index (κ3) is 3.82. The normalized spacial score (nSPS) is 22.3. The minimum atomic E-state index is -0.489. The van der Waals surface area contributed by atoms with Gasteiger partial charge in [-0.2, -0.15) is 0 Å². The lowest BCUT2D eigenvalue weighted by molar-refractivity contribution is -0.132. The van der Waals surface area contributed by atoms with E-state index in [1.807, 2.05) is 6.07 Å². The van der Waals surface area contributed by atoms with E-state index in [0.717, 1.165) is 10.9 Å². The van der Waals surface area contributed by atoms with Gasteiger partial charge in [-0.15, -0.1) is 0 Å². The third-order valence-electron chi connectivity index (χ3n) is 2.86. The van der Waals surface area contributed by atoms with Gasteiger partial charge < -0.3 is 9.47 Å².